The summed E-state index contributed by atoms with van der Waals surface area (Å²) in [4.78, 5) is 12.1. The molecule has 0 saturated carbocycles. The summed E-state index contributed by atoms with van der Waals surface area (Å²) < 4.78 is 6.31. The number of rotatable bonds is 4. The number of benzene rings is 1. The molecule has 1 fully saturated rings. The first-order valence-corrected chi connectivity index (χ1v) is 8.89. The van der Waals surface area contributed by atoms with Crippen LogP contribution in [0.25, 0.3) is 0 Å². The number of aliphatic imine (C=N–C) groups is 1. The van der Waals surface area contributed by atoms with E-state index in [1.807, 2.05) is 18.4 Å². The summed E-state index contributed by atoms with van der Waals surface area (Å²) in [7, 11) is 3.79. The molecule has 1 aromatic carbocycles. The fraction of sp³-hybridized carbons (Fsp3) is 0.632. The molecule has 0 atom stereocenters. The molecule has 0 amide bonds. The van der Waals surface area contributed by atoms with Gasteiger partial charge in [-0.1, -0.05) is 6.07 Å². The predicted molar refractivity (Wildman–Crippen MR) is 96.8 cm³/mol. The molecule has 0 radical (unpaired) electrons. The van der Waals surface area contributed by atoms with Crippen LogP contribution in [-0.4, -0.2) is 56.7 Å². The van der Waals surface area contributed by atoms with Crippen LogP contribution >= 0.6 is 0 Å². The minimum atomic E-state index is -0.143. The van der Waals surface area contributed by atoms with E-state index in [-0.39, 0.29) is 5.60 Å². The first-order valence-electron chi connectivity index (χ1n) is 8.89. The standard InChI is InChI=1S/C19H29N3O2/c1-5-21(3)14-20-18-13-16-6-11-24-19(17(16)12-15(18)2)7-9-22(23-4)10-8-19/h12-14H,5-11H2,1-4H3/b20-14+. The lowest BCUT2D eigenvalue weighted by atomic mass is 9.79. The molecular weight excluding hydrogens is 302 g/mol. The van der Waals surface area contributed by atoms with Gasteiger partial charge < -0.3 is 14.5 Å². The quantitative estimate of drug-likeness (QED) is 0.628. The predicted octanol–water partition coefficient (Wildman–Crippen LogP) is 3.03. The molecule has 5 heteroatoms. The van der Waals surface area contributed by atoms with E-state index >= 15 is 0 Å². The summed E-state index contributed by atoms with van der Waals surface area (Å²) in [5.74, 6) is 0. The van der Waals surface area contributed by atoms with Gasteiger partial charge in [0.05, 0.1) is 31.3 Å². The smallest absolute Gasteiger partial charge is 0.0960 e. The molecule has 0 aliphatic carbocycles. The minimum Gasteiger partial charge on any atom is -0.370 e. The fourth-order valence-electron chi connectivity index (χ4n) is 3.63. The van der Waals surface area contributed by atoms with Crippen molar-refractivity contribution < 1.29 is 9.57 Å². The van der Waals surface area contributed by atoms with Crippen LogP contribution in [0, 0.1) is 6.92 Å². The Morgan fingerprint density at radius 1 is 1.38 bits per heavy atom. The number of hydrogen-bond donors (Lipinski definition) is 0. The van der Waals surface area contributed by atoms with Crippen LogP contribution in [0.1, 0.15) is 36.5 Å². The van der Waals surface area contributed by atoms with Gasteiger partial charge in [0.2, 0.25) is 0 Å². The Kier molecular flexibility index (Phi) is 5.23. The Morgan fingerprint density at radius 3 is 2.79 bits per heavy atom. The lowest BCUT2D eigenvalue weighted by Crippen LogP contribution is -2.46. The van der Waals surface area contributed by atoms with E-state index in [4.69, 9.17) is 9.57 Å². The van der Waals surface area contributed by atoms with Crippen molar-refractivity contribution in [2.24, 2.45) is 4.99 Å². The van der Waals surface area contributed by atoms with Gasteiger partial charge in [0, 0.05) is 26.7 Å². The normalized spacial score (nSPS) is 20.5. The van der Waals surface area contributed by atoms with Crippen molar-refractivity contribution in [3.05, 3.63) is 28.8 Å². The van der Waals surface area contributed by atoms with E-state index in [1.165, 1.54) is 16.7 Å². The third kappa shape index (κ3) is 3.34. The second kappa shape index (κ2) is 7.21. The molecule has 0 bridgehead atoms. The van der Waals surface area contributed by atoms with Crippen molar-refractivity contribution >= 4 is 12.0 Å². The van der Waals surface area contributed by atoms with Gasteiger partial charge in [0.25, 0.3) is 0 Å². The van der Waals surface area contributed by atoms with E-state index in [1.54, 1.807) is 7.11 Å². The Bertz CT molecular complexity index is 607. The number of hydrogen-bond acceptors (Lipinski definition) is 4. The van der Waals surface area contributed by atoms with Crippen LogP contribution < -0.4 is 0 Å². The zero-order valence-electron chi connectivity index (χ0n) is 15.3. The van der Waals surface area contributed by atoms with Crippen LogP contribution in [0.15, 0.2) is 17.1 Å². The highest BCUT2D eigenvalue weighted by Gasteiger charge is 2.41. The zero-order valence-corrected chi connectivity index (χ0v) is 15.3. The highest BCUT2D eigenvalue weighted by atomic mass is 16.7. The average Bonchev–Trinajstić information content (AvgIpc) is 2.61. The largest absolute Gasteiger partial charge is 0.370 e. The average molecular weight is 331 g/mol. The molecule has 5 nitrogen and oxygen atoms in total. The molecular formula is C19H29N3O2. The van der Waals surface area contributed by atoms with Crippen molar-refractivity contribution in [2.75, 3.05) is 40.4 Å². The van der Waals surface area contributed by atoms with Crippen molar-refractivity contribution in [3.8, 4) is 0 Å². The maximum atomic E-state index is 6.31. The zero-order chi connectivity index (χ0) is 17.2. The number of ether oxygens (including phenoxy) is 1. The highest BCUT2D eigenvalue weighted by molar-refractivity contribution is 5.64. The van der Waals surface area contributed by atoms with Crippen LogP contribution in [0.3, 0.4) is 0 Å². The maximum absolute atomic E-state index is 6.31. The molecule has 2 heterocycles. The van der Waals surface area contributed by atoms with Crippen molar-refractivity contribution in [3.63, 3.8) is 0 Å². The number of fused-ring (bicyclic) bond motifs is 2. The molecule has 2 aliphatic rings. The number of hydroxylamine groups is 2. The Hall–Kier alpha value is -1.43. The number of nitrogens with zero attached hydrogens (tertiary/aromatic N) is 3. The van der Waals surface area contributed by atoms with Crippen molar-refractivity contribution in [2.45, 2.75) is 38.7 Å². The lowest BCUT2D eigenvalue weighted by Gasteiger charge is -2.44. The second-order valence-corrected chi connectivity index (χ2v) is 6.82. The van der Waals surface area contributed by atoms with E-state index in [9.17, 15) is 0 Å². The van der Waals surface area contributed by atoms with Gasteiger partial charge in [0.15, 0.2) is 0 Å². The lowest BCUT2D eigenvalue weighted by molar-refractivity contribution is -0.190. The van der Waals surface area contributed by atoms with Gasteiger partial charge in [-0.25, -0.2) is 4.99 Å². The van der Waals surface area contributed by atoms with E-state index in [2.05, 4.69) is 35.9 Å². The van der Waals surface area contributed by atoms with Gasteiger partial charge >= 0.3 is 0 Å². The van der Waals surface area contributed by atoms with Gasteiger partial charge in [-0.15, -0.1) is 0 Å². The van der Waals surface area contributed by atoms with E-state index in [0.717, 1.165) is 51.2 Å². The summed E-state index contributed by atoms with van der Waals surface area (Å²) in [5.41, 5.74) is 4.90. The fourth-order valence-corrected chi connectivity index (χ4v) is 3.63. The molecule has 1 saturated heterocycles. The van der Waals surface area contributed by atoms with Gasteiger partial charge in [-0.3, -0.25) is 0 Å². The summed E-state index contributed by atoms with van der Waals surface area (Å²) in [6.07, 6.45) is 4.85. The third-order valence-electron chi connectivity index (χ3n) is 5.34. The SMILES string of the molecule is CCN(C)/C=N/c1cc2c(cc1C)C1(CCN(OC)CC1)OCC2. The number of aryl methyl sites for hydroxylation is 1. The Morgan fingerprint density at radius 2 is 2.12 bits per heavy atom. The summed E-state index contributed by atoms with van der Waals surface area (Å²) in [6.45, 7) is 7.85. The first-order chi connectivity index (χ1) is 11.6. The third-order valence-corrected chi connectivity index (χ3v) is 5.34. The minimum absolute atomic E-state index is 0.143. The Labute approximate surface area is 145 Å². The van der Waals surface area contributed by atoms with Crippen LogP contribution in [0.2, 0.25) is 0 Å². The topological polar surface area (TPSA) is 37.3 Å². The van der Waals surface area contributed by atoms with Crippen molar-refractivity contribution in [1.82, 2.24) is 9.96 Å². The maximum Gasteiger partial charge on any atom is 0.0960 e. The summed E-state index contributed by atoms with van der Waals surface area (Å²) in [5, 5.41) is 2.02. The molecule has 24 heavy (non-hydrogen) atoms. The first kappa shape index (κ1) is 17.4. The molecule has 132 valence electrons. The van der Waals surface area contributed by atoms with Crippen LogP contribution in [-0.2, 0) is 21.6 Å². The molecule has 1 aromatic rings. The Balaban J connectivity index is 1.89. The monoisotopic (exact) mass is 331 g/mol. The molecule has 0 aromatic heterocycles. The summed E-state index contributed by atoms with van der Waals surface area (Å²) in [6, 6.07) is 4.56. The van der Waals surface area contributed by atoms with Crippen molar-refractivity contribution in [1.29, 1.82) is 0 Å². The van der Waals surface area contributed by atoms with Gasteiger partial charge in [-0.05, 0) is 55.9 Å². The molecule has 2 aliphatic heterocycles. The number of piperidine rings is 1. The molecule has 1 spiro atoms. The van der Waals surface area contributed by atoms with E-state index in [0.29, 0.717) is 0 Å². The molecule has 0 unspecified atom stereocenters. The second-order valence-electron chi connectivity index (χ2n) is 6.82. The van der Waals surface area contributed by atoms with Crippen LogP contribution in [0.5, 0.6) is 0 Å². The molecule has 3 rings (SSSR count). The van der Waals surface area contributed by atoms with Gasteiger partial charge in [-0.2, -0.15) is 5.06 Å². The van der Waals surface area contributed by atoms with E-state index < -0.39 is 0 Å². The summed E-state index contributed by atoms with van der Waals surface area (Å²) >= 11 is 0. The van der Waals surface area contributed by atoms with Crippen LogP contribution in [0.4, 0.5) is 5.69 Å². The van der Waals surface area contributed by atoms with Gasteiger partial charge in [0.1, 0.15) is 0 Å². The molecule has 0 N–H and O–H groups in total. The highest BCUT2D eigenvalue weighted by Crippen LogP contribution is 2.43.